The van der Waals surface area contributed by atoms with Crippen LogP contribution in [0.15, 0.2) is 65.0 Å². The number of allylic oxidation sites excluding steroid dienone is 3. The fourth-order valence-electron chi connectivity index (χ4n) is 6.14. The standard InChI is InChI=1S/C32H35NO7/c1-18-28(32(36)40-23-7-5-6-8-23)29(19-9-11-20(12-10-19)31(35)39-4)30-24(33-18)15-22(16-25(30)34)21-13-14-26(37-2)27(17-21)38-3/h9-14,17,22-23,29,33H,5-8,15-16H2,1-4H3/t22-,29-/m1/s1. The van der Waals surface area contributed by atoms with Gasteiger partial charge in [-0.05, 0) is 80.3 Å². The van der Waals surface area contributed by atoms with Gasteiger partial charge in [0.2, 0.25) is 0 Å². The van der Waals surface area contributed by atoms with Crippen LogP contribution in [-0.4, -0.2) is 45.2 Å². The average molecular weight is 546 g/mol. The van der Waals surface area contributed by atoms with Crippen molar-refractivity contribution < 1.29 is 33.3 Å². The molecule has 1 heterocycles. The first-order chi connectivity index (χ1) is 19.3. The molecule has 3 aliphatic rings. The van der Waals surface area contributed by atoms with E-state index in [4.69, 9.17) is 18.9 Å². The molecule has 5 rings (SSSR count). The van der Waals surface area contributed by atoms with Gasteiger partial charge in [0, 0.05) is 29.3 Å². The number of rotatable bonds is 7. The fourth-order valence-corrected chi connectivity index (χ4v) is 6.14. The van der Waals surface area contributed by atoms with Gasteiger partial charge in [-0.1, -0.05) is 18.2 Å². The predicted molar refractivity (Wildman–Crippen MR) is 148 cm³/mol. The highest BCUT2D eigenvalue weighted by molar-refractivity contribution is 6.04. The summed E-state index contributed by atoms with van der Waals surface area (Å²) in [5.41, 5.74) is 4.61. The van der Waals surface area contributed by atoms with Crippen molar-refractivity contribution in [2.45, 2.75) is 63.4 Å². The molecule has 1 saturated carbocycles. The highest BCUT2D eigenvalue weighted by Crippen LogP contribution is 2.46. The van der Waals surface area contributed by atoms with Crippen molar-refractivity contribution in [2.24, 2.45) is 0 Å². The number of methoxy groups -OCH3 is 3. The van der Waals surface area contributed by atoms with Crippen LogP contribution in [0.5, 0.6) is 11.5 Å². The fraction of sp³-hybridized carbons (Fsp3) is 0.406. The zero-order chi connectivity index (χ0) is 28.4. The second kappa shape index (κ2) is 11.6. The van der Waals surface area contributed by atoms with E-state index in [-0.39, 0.29) is 24.2 Å². The van der Waals surface area contributed by atoms with Crippen molar-refractivity contribution in [3.05, 3.63) is 81.7 Å². The Bertz CT molecular complexity index is 1380. The number of Topliss-reactive ketones (excluding diaryl/α,β-unsaturated/α-hetero) is 1. The van der Waals surface area contributed by atoms with Gasteiger partial charge in [-0.15, -0.1) is 0 Å². The van der Waals surface area contributed by atoms with Gasteiger partial charge in [-0.2, -0.15) is 0 Å². The van der Waals surface area contributed by atoms with Crippen molar-refractivity contribution in [2.75, 3.05) is 21.3 Å². The summed E-state index contributed by atoms with van der Waals surface area (Å²) < 4.78 is 21.7. The largest absolute Gasteiger partial charge is 0.493 e. The van der Waals surface area contributed by atoms with Crippen LogP contribution in [0.2, 0.25) is 0 Å². The molecule has 1 fully saturated rings. The summed E-state index contributed by atoms with van der Waals surface area (Å²) in [7, 11) is 4.51. The lowest BCUT2D eigenvalue weighted by Gasteiger charge is -2.37. The summed E-state index contributed by atoms with van der Waals surface area (Å²) in [6.07, 6.45) is 4.55. The number of dihydropyridines is 1. The van der Waals surface area contributed by atoms with Crippen molar-refractivity contribution >= 4 is 17.7 Å². The van der Waals surface area contributed by atoms with Gasteiger partial charge in [0.25, 0.3) is 0 Å². The minimum Gasteiger partial charge on any atom is -0.493 e. The quantitative estimate of drug-likeness (QED) is 0.466. The maximum Gasteiger partial charge on any atom is 0.337 e. The van der Waals surface area contributed by atoms with Crippen molar-refractivity contribution in [1.29, 1.82) is 0 Å². The summed E-state index contributed by atoms with van der Waals surface area (Å²) in [6, 6.07) is 12.6. The Morgan fingerprint density at radius 1 is 0.850 bits per heavy atom. The molecular formula is C32H35NO7. The van der Waals surface area contributed by atoms with Crippen LogP contribution < -0.4 is 14.8 Å². The Balaban J connectivity index is 1.53. The normalized spacial score (nSPS) is 21.1. The van der Waals surface area contributed by atoms with Gasteiger partial charge in [-0.25, -0.2) is 9.59 Å². The van der Waals surface area contributed by atoms with Crippen molar-refractivity contribution in [3.8, 4) is 11.5 Å². The van der Waals surface area contributed by atoms with Crippen molar-refractivity contribution in [1.82, 2.24) is 5.32 Å². The van der Waals surface area contributed by atoms with Gasteiger partial charge < -0.3 is 24.3 Å². The summed E-state index contributed by atoms with van der Waals surface area (Å²) >= 11 is 0. The Labute approximate surface area is 234 Å². The zero-order valence-corrected chi connectivity index (χ0v) is 23.4. The summed E-state index contributed by atoms with van der Waals surface area (Å²) in [5.74, 6) is -0.314. The van der Waals surface area contributed by atoms with E-state index >= 15 is 0 Å². The molecule has 0 aromatic heterocycles. The second-order valence-electron chi connectivity index (χ2n) is 10.6. The molecule has 0 spiro atoms. The van der Waals surface area contributed by atoms with E-state index in [2.05, 4.69) is 5.32 Å². The maximum absolute atomic E-state index is 13.9. The highest BCUT2D eigenvalue weighted by atomic mass is 16.5. The van der Waals surface area contributed by atoms with E-state index in [1.54, 1.807) is 38.5 Å². The molecule has 0 amide bonds. The molecule has 2 aliphatic carbocycles. The number of ketones is 1. The molecule has 1 N–H and O–H groups in total. The number of nitrogens with one attached hydrogen (secondary N) is 1. The minimum atomic E-state index is -0.601. The Morgan fingerprint density at radius 2 is 1.52 bits per heavy atom. The monoisotopic (exact) mass is 545 g/mol. The second-order valence-corrected chi connectivity index (χ2v) is 10.6. The Kier molecular flexibility index (Phi) is 7.96. The first-order valence-corrected chi connectivity index (χ1v) is 13.7. The topological polar surface area (TPSA) is 100 Å². The van der Waals surface area contributed by atoms with E-state index < -0.39 is 17.9 Å². The van der Waals surface area contributed by atoms with Gasteiger partial charge >= 0.3 is 11.9 Å². The van der Waals surface area contributed by atoms with Crippen LogP contribution in [0.1, 0.15) is 78.8 Å². The molecule has 2 atom stereocenters. The number of hydrogen-bond donors (Lipinski definition) is 1. The van der Waals surface area contributed by atoms with Gasteiger partial charge in [0.15, 0.2) is 17.3 Å². The third kappa shape index (κ3) is 5.22. The molecule has 0 saturated heterocycles. The minimum absolute atomic E-state index is 0.0331. The van der Waals surface area contributed by atoms with Gasteiger partial charge in [-0.3, -0.25) is 4.79 Å². The molecule has 0 radical (unpaired) electrons. The van der Waals surface area contributed by atoms with Gasteiger partial charge in [0.05, 0.1) is 32.5 Å². The number of hydrogen-bond acceptors (Lipinski definition) is 8. The van der Waals surface area contributed by atoms with E-state index in [1.807, 2.05) is 25.1 Å². The SMILES string of the molecule is COC(=O)c1ccc([C@@H]2C(C(=O)OC3CCCC3)=C(C)NC3=C2C(=O)C[C@H](c2ccc(OC)c(OC)c2)C3)cc1. The van der Waals surface area contributed by atoms with Gasteiger partial charge in [0.1, 0.15) is 6.10 Å². The Hall–Kier alpha value is -4.07. The molecule has 8 heteroatoms. The highest BCUT2D eigenvalue weighted by Gasteiger charge is 2.42. The molecule has 2 aromatic rings. The number of carbonyl (C=O) groups excluding carboxylic acids is 3. The van der Waals surface area contributed by atoms with Crippen LogP contribution in [0.3, 0.4) is 0 Å². The smallest absolute Gasteiger partial charge is 0.337 e. The molecule has 8 nitrogen and oxygen atoms in total. The predicted octanol–water partition coefficient (Wildman–Crippen LogP) is 5.34. The number of esters is 2. The molecule has 210 valence electrons. The first kappa shape index (κ1) is 27.5. The maximum atomic E-state index is 13.9. The molecular weight excluding hydrogens is 510 g/mol. The van der Waals surface area contributed by atoms with Crippen LogP contribution >= 0.6 is 0 Å². The summed E-state index contributed by atoms with van der Waals surface area (Å²) in [5, 5.41) is 3.40. The first-order valence-electron chi connectivity index (χ1n) is 13.7. The van der Waals surface area contributed by atoms with Crippen LogP contribution in [0, 0.1) is 0 Å². The summed E-state index contributed by atoms with van der Waals surface area (Å²) in [6.45, 7) is 1.86. The lowest BCUT2D eigenvalue weighted by molar-refractivity contribution is -0.144. The molecule has 1 aliphatic heterocycles. The van der Waals surface area contributed by atoms with E-state index in [0.717, 1.165) is 42.5 Å². The third-order valence-electron chi connectivity index (χ3n) is 8.17. The zero-order valence-electron chi connectivity index (χ0n) is 23.4. The number of ether oxygens (including phenoxy) is 4. The van der Waals surface area contributed by atoms with Crippen LogP contribution in [0.4, 0.5) is 0 Å². The van der Waals surface area contributed by atoms with E-state index in [0.29, 0.717) is 40.3 Å². The van der Waals surface area contributed by atoms with E-state index in [1.165, 1.54) is 7.11 Å². The van der Waals surface area contributed by atoms with Crippen LogP contribution in [-0.2, 0) is 19.1 Å². The molecule has 0 bridgehead atoms. The van der Waals surface area contributed by atoms with Crippen LogP contribution in [0.25, 0.3) is 0 Å². The molecule has 40 heavy (non-hydrogen) atoms. The lowest BCUT2D eigenvalue weighted by atomic mass is 9.71. The lowest BCUT2D eigenvalue weighted by Crippen LogP contribution is -2.36. The number of benzene rings is 2. The van der Waals surface area contributed by atoms with E-state index in [9.17, 15) is 14.4 Å². The van der Waals surface area contributed by atoms with Crippen molar-refractivity contribution in [3.63, 3.8) is 0 Å². The molecule has 2 aromatic carbocycles. The third-order valence-corrected chi connectivity index (χ3v) is 8.17. The average Bonchev–Trinajstić information content (AvgIpc) is 3.48. The molecule has 0 unspecified atom stereocenters. The summed E-state index contributed by atoms with van der Waals surface area (Å²) in [4.78, 5) is 39.6. The number of carbonyl (C=O) groups is 3. The Morgan fingerprint density at radius 3 is 2.17 bits per heavy atom.